The van der Waals surface area contributed by atoms with E-state index >= 15 is 0 Å². The van der Waals surface area contributed by atoms with Gasteiger partial charge in [0.15, 0.2) is 5.67 Å². The predicted octanol–water partition coefficient (Wildman–Crippen LogP) is 0.188. The van der Waals surface area contributed by atoms with Gasteiger partial charge in [-0.3, -0.25) is 4.68 Å². The average molecular weight is 155 g/mol. The Bertz CT molecular complexity index is 264. The van der Waals surface area contributed by atoms with Gasteiger partial charge in [0.25, 0.3) is 0 Å². The number of nitrogens with one attached hydrogen (secondary N) is 1. The lowest BCUT2D eigenvalue weighted by atomic mass is 9.96. The van der Waals surface area contributed by atoms with Crippen LogP contribution >= 0.6 is 0 Å². The van der Waals surface area contributed by atoms with Crippen LogP contribution in [0.5, 0.6) is 0 Å². The summed E-state index contributed by atoms with van der Waals surface area (Å²) in [6.45, 7) is 0.786. The van der Waals surface area contributed by atoms with Crippen LogP contribution < -0.4 is 5.32 Å². The van der Waals surface area contributed by atoms with Gasteiger partial charge in [0.2, 0.25) is 0 Å². The number of alkyl halides is 1. The molecule has 4 heteroatoms. The lowest BCUT2D eigenvalue weighted by molar-refractivity contribution is 0.0834. The maximum Gasteiger partial charge on any atom is 0.179 e. The van der Waals surface area contributed by atoms with Crippen LogP contribution in [0.25, 0.3) is 0 Å². The highest BCUT2D eigenvalue weighted by atomic mass is 19.1. The Hall–Kier alpha value is -0.900. The van der Waals surface area contributed by atoms with Crippen molar-refractivity contribution in [2.75, 3.05) is 13.1 Å². The SMILES string of the molecule is Cn1ccc(C2(F)CNC2)n1. The van der Waals surface area contributed by atoms with Gasteiger partial charge in [-0.15, -0.1) is 0 Å². The lowest BCUT2D eigenvalue weighted by Crippen LogP contribution is -2.53. The van der Waals surface area contributed by atoms with Crippen LogP contribution in [0.2, 0.25) is 0 Å². The molecule has 0 aliphatic carbocycles. The Kier molecular flexibility index (Phi) is 1.26. The smallest absolute Gasteiger partial charge is 0.179 e. The molecule has 1 aliphatic rings. The van der Waals surface area contributed by atoms with Crippen LogP contribution in [0.1, 0.15) is 5.69 Å². The monoisotopic (exact) mass is 155 g/mol. The predicted molar refractivity (Wildman–Crippen MR) is 38.9 cm³/mol. The zero-order valence-electron chi connectivity index (χ0n) is 6.34. The van der Waals surface area contributed by atoms with Gasteiger partial charge in [-0.1, -0.05) is 0 Å². The van der Waals surface area contributed by atoms with Crippen molar-refractivity contribution in [1.29, 1.82) is 0 Å². The first-order valence-corrected chi connectivity index (χ1v) is 3.60. The summed E-state index contributed by atoms with van der Waals surface area (Å²) in [4.78, 5) is 0. The van der Waals surface area contributed by atoms with Crippen molar-refractivity contribution < 1.29 is 4.39 Å². The fraction of sp³-hybridized carbons (Fsp3) is 0.571. The number of nitrogens with zero attached hydrogens (tertiary/aromatic N) is 2. The highest BCUT2D eigenvalue weighted by Gasteiger charge is 2.40. The molecule has 1 aromatic heterocycles. The minimum atomic E-state index is -1.21. The Morgan fingerprint density at radius 3 is 2.82 bits per heavy atom. The molecule has 1 N–H and O–H groups in total. The number of halogens is 1. The van der Waals surface area contributed by atoms with Gasteiger partial charge in [0.1, 0.15) is 5.69 Å². The second-order valence-electron chi connectivity index (χ2n) is 2.94. The van der Waals surface area contributed by atoms with Crippen molar-refractivity contribution in [1.82, 2.24) is 15.1 Å². The molecule has 0 atom stereocenters. The summed E-state index contributed by atoms with van der Waals surface area (Å²) in [5.41, 5.74) is -0.667. The lowest BCUT2D eigenvalue weighted by Gasteiger charge is -2.33. The maximum absolute atomic E-state index is 13.5. The standard InChI is InChI=1S/C7H10FN3/c1-11-3-2-6(10-11)7(8)4-9-5-7/h2-3,9H,4-5H2,1H3. The van der Waals surface area contributed by atoms with Crippen LogP contribution in [-0.2, 0) is 12.7 Å². The zero-order valence-corrected chi connectivity index (χ0v) is 6.34. The summed E-state index contributed by atoms with van der Waals surface area (Å²) < 4.78 is 15.1. The van der Waals surface area contributed by atoms with E-state index in [1.54, 1.807) is 24.0 Å². The van der Waals surface area contributed by atoms with Crippen LogP contribution in [0.4, 0.5) is 4.39 Å². The quantitative estimate of drug-likeness (QED) is 0.627. The van der Waals surface area contributed by atoms with E-state index in [1.807, 2.05) is 0 Å². The summed E-state index contributed by atoms with van der Waals surface area (Å²) in [6, 6.07) is 1.72. The molecule has 1 fully saturated rings. The van der Waals surface area contributed by atoms with E-state index in [-0.39, 0.29) is 0 Å². The minimum absolute atomic E-state index is 0.393. The molecular weight excluding hydrogens is 145 g/mol. The Labute approximate surface area is 64.2 Å². The zero-order chi connectivity index (χ0) is 7.90. The highest BCUT2D eigenvalue weighted by molar-refractivity contribution is 5.16. The van der Waals surface area contributed by atoms with Gasteiger partial charge in [-0.05, 0) is 6.07 Å². The van der Waals surface area contributed by atoms with Crippen LogP contribution in [0, 0.1) is 0 Å². The molecule has 3 nitrogen and oxygen atoms in total. The first-order chi connectivity index (χ1) is 5.21. The third-order valence-corrected chi connectivity index (χ3v) is 1.98. The van der Waals surface area contributed by atoms with Crippen molar-refractivity contribution in [3.8, 4) is 0 Å². The number of hydrogen-bond donors (Lipinski definition) is 1. The van der Waals surface area contributed by atoms with Crippen molar-refractivity contribution in [2.45, 2.75) is 5.67 Å². The molecule has 0 spiro atoms. The van der Waals surface area contributed by atoms with E-state index in [9.17, 15) is 4.39 Å². The Morgan fingerprint density at radius 2 is 2.45 bits per heavy atom. The maximum atomic E-state index is 13.5. The fourth-order valence-corrected chi connectivity index (χ4v) is 1.18. The minimum Gasteiger partial charge on any atom is -0.309 e. The van der Waals surface area contributed by atoms with Gasteiger partial charge in [0.05, 0.1) is 0 Å². The number of aromatic nitrogens is 2. The van der Waals surface area contributed by atoms with Crippen LogP contribution in [-0.4, -0.2) is 22.9 Å². The van der Waals surface area contributed by atoms with Crippen molar-refractivity contribution >= 4 is 0 Å². The van der Waals surface area contributed by atoms with E-state index in [0.717, 1.165) is 0 Å². The van der Waals surface area contributed by atoms with Gasteiger partial charge in [-0.2, -0.15) is 5.10 Å². The molecule has 0 amide bonds. The Morgan fingerprint density at radius 1 is 1.73 bits per heavy atom. The third kappa shape index (κ3) is 0.939. The molecule has 2 rings (SSSR count). The van der Waals surface area contributed by atoms with E-state index in [4.69, 9.17) is 0 Å². The van der Waals surface area contributed by atoms with Gasteiger partial charge >= 0.3 is 0 Å². The summed E-state index contributed by atoms with van der Waals surface area (Å²) in [5, 5.41) is 6.89. The first-order valence-electron chi connectivity index (χ1n) is 3.60. The van der Waals surface area contributed by atoms with Crippen LogP contribution in [0.15, 0.2) is 12.3 Å². The van der Waals surface area contributed by atoms with Gasteiger partial charge < -0.3 is 5.32 Å². The fourth-order valence-electron chi connectivity index (χ4n) is 1.18. The summed E-state index contributed by atoms with van der Waals surface area (Å²) in [7, 11) is 1.79. The molecule has 0 saturated carbocycles. The van der Waals surface area contributed by atoms with Crippen molar-refractivity contribution in [2.24, 2.45) is 7.05 Å². The highest BCUT2D eigenvalue weighted by Crippen LogP contribution is 2.27. The van der Waals surface area contributed by atoms with Crippen molar-refractivity contribution in [3.63, 3.8) is 0 Å². The summed E-state index contributed by atoms with van der Waals surface area (Å²) >= 11 is 0. The van der Waals surface area contributed by atoms with E-state index in [2.05, 4.69) is 10.4 Å². The number of rotatable bonds is 1. The largest absolute Gasteiger partial charge is 0.309 e. The third-order valence-electron chi connectivity index (χ3n) is 1.98. The molecule has 2 heterocycles. The van der Waals surface area contributed by atoms with Crippen LogP contribution in [0.3, 0.4) is 0 Å². The average Bonchev–Trinajstić information content (AvgIpc) is 2.31. The first kappa shape index (κ1) is 6.79. The molecular formula is C7H10FN3. The van der Waals surface area contributed by atoms with Crippen molar-refractivity contribution in [3.05, 3.63) is 18.0 Å². The van der Waals surface area contributed by atoms with E-state index in [1.165, 1.54) is 0 Å². The molecule has 0 unspecified atom stereocenters. The number of hydrogen-bond acceptors (Lipinski definition) is 2. The number of aryl methyl sites for hydroxylation is 1. The topological polar surface area (TPSA) is 29.9 Å². The summed E-state index contributed by atoms with van der Waals surface area (Å²) in [6.07, 6.45) is 1.76. The van der Waals surface area contributed by atoms with E-state index < -0.39 is 5.67 Å². The molecule has 0 bridgehead atoms. The van der Waals surface area contributed by atoms with Gasteiger partial charge in [-0.25, -0.2) is 4.39 Å². The molecule has 1 aliphatic heterocycles. The molecule has 11 heavy (non-hydrogen) atoms. The normalized spacial score (nSPS) is 21.3. The Balaban J connectivity index is 2.28. The molecule has 1 aromatic rings. The molecule has 1 saturated heterocycles. The molecule has 0 aromatic carbocycles. The molecule has 0 radical (unpaired) electrons. The second-order valence-corrected chi connectivity index (χ2v) is 2.94. The van der Waals surface area contributed by atoms with Gasteiger partial charge in [0, 0.05) is 26.3 Å². The van der Waals surface area contributed by atoms with E-state index in [0.29, 0.717) is 18.8 Å². The molecule has 60 valence electrons. The second kappa shape index (κ2) is 2.04. The summed E-state index contributed by atoms with van der Waals surface area (Å²) in [5.74, 6) is 0.